The molecule has 1 amide bonds. The summed E-state index contributed by atoms with van der Waals surface area (Å²) in [5.74, 6) is -0.643. The number of carbonyl (C=O) groups is 1. The van der Waals surface area contributed by atoms with Gasteiger partial charge in [-0.3, -0.25) is 4.79 Å². The number of sulfonamides is 1. The third kappa shape index (κ3) is 4.71. The highest BCUT2D eigenvalue weighted by Crippen LogP contribution is 2.30. The zero-order chi connectivity index (χ0) is 22.9. The number of halogens is 2. The van der Waals surface area contributed by atoms with Gasteiger partial charge in [-0.15, -0.1) is 11.3 Å². The molecule has 0 bridgehead atoms. The molecule has 2 heterocycles. The van der Waals surface area contributed by atoms with Gasteiger partial charge in [-0.2, -0.15) is 4.31 Å². The maximum atomic E-state index is 13.2. The Morgan fingerprint density at radius 3 is 2.41 bits per heavy atom. The molecule has 6 nitrogen and oxygen atoms in total. The van der Waals surface area contributed by atoms with Crippen molar-refractivity contribution in [2.24, 2.45) is 0 Å². The van der Waals surface area contributed by atoms with E-state index in [0.717, 1.165) is 22.7 Å². The number of rotatable bonds is 4. The van der Waals surface area contributed by atoms with E-state index in [2.05, 4.69) is 4.98 Å². The number of aryl methyl sites for hydroxylation is 1. The molecule has 0 N–H and O–H groups in total. The zero-order valence-electron chi connectivity index (χ0n) is 17.3. The molecule has 168 valence electrons. The molecule has 1 aromatic heterocycles. The van der Waals surface area contributed by atoms with Crippen LogP contribution in [0.3, 0.4) is 0 Å². The highest BCUT2D eigenvalue weighted by molar-refractivity contribution is 7.89. The summed E-state index contributed by atoms with van der Waals surface area (Å²) >= 11 is 7.27. The number of hydrogen-bond acceptors (Lipinski definition) is 5. The standard InChI is InChI=1S/C22H21ClFN3O3S2/c1-15-20(31-21(25-15)16-3-5-17(23)6-4-16)22(28)26-11-2-12-27(14-13-26)32(29,30)19-9-7-18(24)8-10-19/h3-10H,2,11-14H2,1H3. The second kappa shape index (κ2) is 9.27. The van der Waals surface area contributed by atoms with Gasteiger partial charge < -0.3 is 4.90 Å². The number of carbonyl (C=O) groups excluding carboxylic acids is 1. The van der Waals surface area contributed by atoms with Crippen LogP contribution in [0.2, 0.25) is 5.02 Å². The van der Waals surface area contributed by atoms with Crippen LogP contribution in [0.4, 0.5) is 4.39 Å². The summed E-state index contributed by atoms with van der Waals surface area (Å²) in [6.45, 7) is 2.98. The molecule has 0 saturated carbocycles. The van der Waals surface area contributed by atoms with Gasteiger partial charge in [-0.1, -0.05) is 23.7 Å². The van der Waals surface area contributed by atoms with E-state index in [-0.39, 0.29) is 23.9 Å². The van der Waals surface area contributed by atoms with Gasteiger partial charge >= 0.3 is 0 Å². The average Bonchev–Trinajstić information content (AvgIpc) is 2.99. The summed E-state index contributed by atoms with van der Waals surface area (Å²) in [6.07, 6.45) is 0.508. The Morgan fingerprint density at radius 1 is 1.03 bits per heavy atom. The molecule has 2 aromatic carbocycles. The van der Waals surface area contributed by atoms with Crippen molar-refractivity contribution in [3.63, 3.8) is 0 Å². The number of nitrogens with zero attached hydrogens (tertiary/aromatic N) is 3. The van der Waals surface area contributed by atoms with Crippen LogP contribution in [-0.4, -0.2) is 54.7 Å². The smallest absolute Gasteiger partial charge is 0.265 e. The minimum absolute atomic E-state index is 0.0459. The first kappa shape index (κ1) is 22.8. The SMILES string of the molecule is Cc1nc(-c2ccc(Cl)cc2)sc1C(=O)N1CCCN(S(=O)(=O)c2ccc(F)cc2)CC1. The van der Waals surface area contributed by atoms with Crippen LogP contribution in [-0.2, 0) is 10.0 Å². The van der Waals surface area contributed by atoms with Crippen molar-refractivity contribution in [3.05, 3.63) is 69.9 Å². The normalized spacial score (nSPS) is 15.5. The number of benzene rings is 2. The summed E-state index contributed by atoms with van der Waals surface area (Å²) in [5.41, 5.74) is 1.53. The lowest BCUT2D eigenvalue weighted by atomic mass is 10.2. The van der Waals surface area contributed by atoms with Crippen LogP contribution in [0.25, 0.3) is 10.6 Å². The molecule has 1 fully saturated rings. The van der Waals surface area contributed by atoms with Gasteiger partial charge in [0.2, 0.25) is 10.0 Å². The quantitative estimate of drug-likeness (QED) is 0.538. The summed E-state index contributed by atoms with van der Waals surface area (Å²) in [5, 5.41) is 1.36. The predicted octanol–water partition coefficient (Wildman–Crippen LogP) is 4.45. The fourth-order valence-corrected chi connectivity index (χ4v) is 6.18. The van der Waals surface area contributed by atoms with Crippen LogP contribution < -0.4 is 0 Å². The lowest BCUT2D eigenvalue weighted by Gasteiger charge is -2.21. The molecule has 1 saturated heterocycles. The third-order valence-electron chi connectivity index (χ3n) is 5.28. The third-order valence-corrected chi connectivity index (χ3v) is 8.63. The van der Waals surface area contributed by atoms with Crippen molar-refractivity contribution >= 4 is 38.9 Å². The molecular formula is C22H21ClFN3O3S2. The molecule has 32 heavy (non-hydrogen) atoms. The van der Waals surface area contributed by atoms with Crippen molar-refractivity contribution < 1.29 is 17.6 Å². The molecule has 0 spiro atoms. The average molecular weight is 494 g/mol. The number of hydrogen-bond donors (Lipinski definition) is 0. The first-order chi connectivity index (χ1) is 15.3. The first-order valence-electron chi connectivity index (χ1n) is 10.0. The molecule has 10 heteroatoms. The topological polar surface area (TPSA) is 70.6 Å². The zero-order valence-corrected chi connectivity index (χ0v) is 19.7. The van der Waals surface area contributed by atoms with Crippen LogP contribution in [0.15, 0.2) is 53.4 Å². The second-order valence-electron chi connectivity index (χ2n) is 7.44. The number of amides is 1. The Bertz CT molecular complexity index is 1230. The van der Waals surface area contributed by atoms with Gasteiger partial charge in [0.25, 0.3) is 5.91 Å². The Balaban J connectivity index is 1.49. The van der Waals surface area contributed by atoms with Crippen LogP contribution >= 0.6 is 22.9 Å². The van der Waals surface area contributed by atoms with E-state index in [4.69, 9.17) is 11.6 Å². The van der Waals surface area contributed by atoms with Gasteiger partial charge in [0, 0.05) is 36.8 Å². The molecule has 0 unspecified atom stereocenters. The maximum Gasteiger partial charge on any atom is 0.265 e. The van der Waals surface area contributed by atoms with Crippen molar-refractivity contribution in [2.45, 2.75) is 18.2 Å². The molecule has 1 aliphatic heterocycles. The van der Waals surface area contributed by atoms with Crippen molar-refractivity contribution in [3.8, 4) is 10.6 Å². The fourth-order valence-electron chi connectivity index (χ4n) is 3.55. The summed E-state index contributed by atoms with van der Waals surface area (Å²) in [7, 11) is -3.75. The molecule has 0 aliphatic carbocycles. The van der Waals surface area contributed by atoms with Crippen LogP contribution in [0.5, 0.6) is 0 Å². The highest BCUT2D eigenvalue weighted by Gasteiger charge is 2.30. The van der Waals surface area contributed by atoms with Crippen molar-refractivity contribution in [2.75, 3.05) is 26.2 Å². The lowest BCUT2D eigenvalue weighted by Crippen LogP contribution is -2.37. The number of thiazole rings is 1. The molecular weight excluding hydrogens is 473 g/mol. The Morgan fingerprint density at radius 2 is 1.72 bits per heavy atom. The summed E-state index contributed by atoms with van der Waals surface area (Å²) < 4.78 is 40.4. The minimum Gasteiger partial charge on any atom is -0.337 e. The molecule has 3 aromatic rings. The van der Waals surface area contributed by atoms with Crippen LogP contribution in [0, 0.1) is 12.7 Å². The van der Waals surface area contributed by atoms with Gasteiger partial charge in [-0.25, -0.2) is 17.8 Å². The van der Waals surface area contributed by atoms with E-state index in [1.165, 1.54) is 27.8 Å². The van der Waals surface area contributed by atoms with E-state index in [0.29, 0.717) is 35.1 Å². The van der Waals surface area contributed by atoms with E-state index < -0.39 is 15.8 Å². The number of aromatic nitrogens is 1. The first-order valence-corrected chi connectivity index (χ1v) is 12.7. The van der Waals surface area contributed by atoms with Crippen molar-refractivity contribution in [1.82, 2.24) is 14.2 Å². The highest BCUT2D eigenvalue weighted by atomic mass is 35.5. The molecule has 4 rings (SSSR count). The Labute approximate surface area is 195 Å². The summed E-state index contributed by atoms with van der Waals surface area (Å²) in [4.78, 5) is 20.0. The monoisotopic (exact) mass is 493 g/mol. The Kier molecular flexibility index (Phi) is 6.62. The largest absolute Gasteiger partial charge is 0.337 e. The molecule has 0 radical (unpaired) electrons. The van der Waals surface area contributed by atoms with Gasteiger partial charge in [0.1, 0.15) is 15.7 Å². The fraction of sp³-hybridized carbons (Fsp3) is 0.273. The second-order valence-corrected chi connectivity index (χ2v) is 10.8. The Hall–Kier alpha value is -2.33. The van der Waals surface area contributed by atoms with E-state index in [1.54, 1.807) is 24.0 Å². The summed E-state index contributed by atoms with van der Waals surface area (Å²) in [6, 6.07) is 12.1. The van der Waals surface area contributed by atoms with Gasteiger partial charge in [0.05, 0.1) is 10.6 Å². The van der Waals surface area contributed by atoms with E-state index >= 15 is 0 Å². The molecule has 1 aliphatic rings. The van der Waals surface area contributed by atoms with E-state index in [1.807, 2.05) is 12.1 Å². The van der Waals surface area contributed by atoms with Gasteiger partial charge in [-0.05, 0) is 49.7 Å². The van der Waals surface area contributed by atoms with E-state index in [9.17, 15) is 17.6 Å². The minimum atomic E-state index is -3.75. The molecule has 0 atom stereocenters. The van der Waals surface area contributed by atoms with Crippen molar-refractivity contribution in [1.29, 1.82) is 0 Å². The predicted molar refractivity (Wildman–Crippen MR) is 123 cm³/mol. The lowest BCUT2D eigenvalue weighted by molar-refractivity contribution is 0.0768. The van der Waals surface area contributed by atoms with Gasteiger partial charge in [0.15, 0.2) is 0 Å². The van der Waals surface area contributed by atoms with Crippen LogP contribution in [0.1, 0.15) is 21.8 Å². The maximum absolute atomic E-state index is 13.2.